The van der Waals surface area contributed by atoms with Crippen molar-refractivity contribution in [2.24, 2.45) is 0 Å². The van der Waals surface area contributed by atoms with Crippen molar-refractivity contribution in [3.05, 3.63) is 71.8 Å². The quantitative estimate of drug-likeness (QED) is 0.711. The Hall–Kier alpha value is -2.08. The summed E-state index contributed by atoms with van der Waals surface area (Å²) >= 11 is 0. The Kier molecular flexibility index (Phi) is 4.25. The van der Waals surface area contributed by atoms with Gasteiger partial charge in [0.2, 0.25) is 10.0 Å². The summed E-state index contributed by atoms with van der Waals surface area (Å²) in [7, 11) is -3.55. The van der Waals surface area contributed by atoms with Crippen LogP contribution in [0.5, 0.6) is 0 Å². The van der Waals surface area contributed by atoms with Crippen LogP contribution in [0.2, 0.25) is 0 Å². The molecule has 3 aromatic carbocycles. The van der Waals surface area contributed by atoms with Crippen molar-refractivity contribution in [1.82, 2.24) is 4.31 Å². The third-order valence-electron chi connectivity index (χ3n) is 4.29. The highest BCUT2D eigenvalue weighted by Gasteiger charge is 2.31. The zero-order chi connectivity index (χ0) is 16.0. The van der Waals surface area contributed by atoms with Gasteiger partial charge in [-0.25, -0.2) is 8.42 Å². The average Bonchev–Trinajstić information content (AvgIpc) is 2.99. The van der Waals surface area contributed by atoms with Crippen LogP contribution >= 0.6 is 12.4 Å². The molecule has 0 aromatic heterocycles. The van der Waals surface area contributed by atoms with Crippen LogP contribution in [0.15, 0.2) is 65.6 Å². The molecule has 0 fully saturated rings. The van der Waals surface area contributed by atoms with E-state index in [4.69, 9.17) is 5.73 Å². The molecule has 0 amide bonds. The molecule has 4 nitrogen and oxygen atoms in total. The Balaban J connectivity index is 0.00000169. The molecule has 6 heteroatoms. The summed E-state index contributed by atoms with van der Waals surface area (Å²) in [5.74, 6) is 0. The Labute approximate surface area is 147 Å². The van der Waals surface area contributed by atoms with Gasteiger partial charge in [0.25, 0.3) is 0 Å². The van der Waals surface area contributed by atoms with Crippen molar-refractivity contribution in [3.8, 4) is 0 Å². The van der Waals surface area contributed by atoms with Crippen molar-refractivity contribution in [2.75, 3.05) is 5.73 Å². The minimum absolute atomic E-state index is 0. The molecule has 1 aliphatic heterocycles. The molecule has 1 aliphatic rings. The molecule has 4 rings (SSSR count). The topological polar surface area (TPSA) is 63.4 Å². The zero-order valence-corrected chi connectivity index (χ0v) is 14.5. The molecule has 24 heavy (non-hydrogen) atoms. The summed E-state index contributed by atoms with van der Waals surface area (Å²) < 4.78 is 27.7. The highest BCUT2D eigenvalue weighted by molar-refractivity contribution is 7.89. The van der Waals surface area contributed by atoms with E-state index < -0.39 is 10.0 Å². The fraction of sp³-hybridized carbons (Fsp3) is 0.111. The van der Waals surface area contributed by atoms with Gasteiger partial charge in [0.15, 0.2) is 0 Å². The molecule has 2 N–H and O–H groups in total. The molecular weight excluding hydrogens is 344 g/mol. The third kappa shape index (κ3) is 2.65. The highest BCUT2D eigenvalue weighted by atomic mass is 35.5. The molecule has 0 atom stereocenters. The smallest absolute Gasteiger partial charge is 0.244 e. The minimum atomic E-state index is -3.55. The van der Waals surface area contributed by atoms with Gasteiger partial charge in [0.1, 0.15) is 0 Å². The summed E-state index contributed by atoms with van der Waals surface area (Å²) in [5.41, 5.74) is 8.57. The molecule has 1 heterocycles. The summed E-state index contributed by atoms with van der Waals surface area (Å²) in [6, 6.07) is 18.5. The van der Waals surface area contributed by atoms with E-state index in [-0.39, 0.29) is 12.4 Å². The second-order valence-electron chi connectivity index (χ2n) is 5.78. The fourth-order valence-electron chi connectivity index (χ4n) is 3.11. The zero-order valence-electron chi connectivity index (χ0n) is 12.8. The van der Waals surface area contributed by atoms with Crippen molar-refractivity contribution < 1.29 is 8.42 Å². The lowest BCUT2D eigenvalue weighted by atomic mass is 10.1. The first kappa shape index (κ1) is 16.8. The molecule has 3 aromatic rings. The van der Waals surface area contributed by atoms with Crippen LogP contribution in [0.4, 0.5) is 5.69 Å². The fourth-order valence-corrected chi connectivity index (χ4v) is 4.72. The first-order valence-electron chi connectivity index (χ1n) is 7.41. The predicted molar refractivity (Wildman–Crippen MR) is 98.5 cm³/mol. The first-order chi connectivity index (χ1) is 11.1. The largest absolute Gasteiger partial charge is 0.399 e. The maximum absolute atomic E-state index is 13.1. The van der Waals surface area contributed by atoms with E-state index in [1.807, 2.05) is 30.3 Å². The number of sulfonamides is 1. The molecule has 0 saturated carbocycles. The maximum Gasteiger partial charge on any atom is 0.244 e. The van der Waals surface area contributed by atoms with E-state index in [9.17, 15) is 8.42 Å². The third-order valence-corrected chi connectivity index (χ3v) is 6.14. The van der Waals surface area contributed by atoms with Crippen molar-refractivity contribution in [1.29, 1.82) is 0 Å². The van der Waals surface area contributed by atoms with Crippen LogP contribution in [0, 0.1) is 0 Å². The number of hydrogen-bond donors (Lipinski definition) is 1. The van der Waals surface area contributed by atoms with Crippen LogP contribution in [0.3, 0.4) is 0 Å². The van der Waals surface area contributed by atoms with E-state index in [0.29, 0.717) is 29.1 Å². The van der Waals surface area contributed by atoms with Gasteiger partial charge in [-0.05, 0) is 34.7 Å². The first-order valence-corrected chi connectivity index (χ1v) is 8.85. The Morgan fingerprint density at radius 3 is 2.21 bits per heavy atom. The number of nitrogens with zero attached hydrogens (tertiary/aromatic N) is 1. The lowest BCUT2D eigenvalue weighted by Gasteiger charge is -2.17. The van der Waals surface area contributed by atoms with Crippen LogP contribution in [0.25, 0.3) is 10.8 Å². The number of nitrogens with two attached hydrogens (primary N) is 1. The predicted octanol–water partition coefficient (Wildman–Crippen LogP) is 3.55. The lowest BCUT2D eigenvalue weighted by Crippen LogP contribution is -2.25. The standard InChI is InChI=1S/C18H16N2O2S.ClH/c19-16-8-9-17-13(10-16)6-3-7-18(17)23(21,22)20-11-14-4-1-2-5-15(14)12-20;/h1-10H,11-12,19H2;1H. The SMILES string of the molecule is Cl.Nc1ccc2c(S(=O)(=O)N3Cc4ccccc4C3)cccc2c1. The van der Waals surface area contributed by atoms with Gasteiger partial charge in [0.05, 0.1) is 4.90 Å². The van der Waals surface area contributed by atoms with Crippen LogP contribution in [-0.4, -0.2) is 12.7 Å². The molecule has 0 radical (unpaired) electrons. The number of rotatable bonds is 2. The summed E-state index contributed by atoms with van der Waals surface area (Å²) in [6.45, 7) is 0.841. The Bertz CT molecular complexity index is 993. The van der Waals surface area contributed by atoms with Gasteiger partial charge >= 0.3 is 0 Å². The van der Waals surface area contributed by atoms with Gasteiger partial charge in [-0.3, -0.25) is 0 Å². The number of hydrogen-bond acceptors (Lipinski definition) is 3. The van der Waals surface area contributed by atoms with Crippen molar-refractivity contribution in [2.45, 2.75) is 18.0 Å². The second kappa shape index (κ2) is 6.09. The lowest BCUT2D eigenvalue weighted by molar-refractivity contribution is 0.432. The Morgan fingerprint density at radius 1 is 0.875 bits per heavy atom. The highest BCUT2D eigenvalue weighted by Crippen LogP contribution is 2.32. The van der Waals surface area contributed by atoms with E-state index in [1.165, 1.54) is 4.31 Å². The molecule has 0 saturated heterocycles. The van der Waals surface area contributed by atoms with E-state index in [0.717, 1.165) is 16.5 Å². The van der Waals surface area contributed by atoms with E-state index in [2.05, 4.69) is 0 Å². The summed E-state index contributed by atoms with van der Waals surface area (Å²) in [5, 5.41) is 1.54. The van der Waals surface area contributed by atoms with Crippen LogP contribution in [-0.2, 0) is 23.1 Å². The van der Waals surface area contributed by atoms with Gasteiger partial charge in [0, 0.05) is 24.2 Å². The summed E-state index contributed by atoms with van der Waals surface area (Å²) in [4.78, 5) is 0.336. The average molecular weight is 361 g/mol. The van der Waals surface area contributed by atoms with Crippen LogP contribution in [0.1, 0.15) is 11.1 Å². The Morgan fingerprint density at radius 2 is 1.54 bits per heavy atom. The molecule has 0 unspecified atom stereocenters. The molecular formula is C18H17ClN2O2S. The van der Waals surface area contributed by atoms with E-state index in [1.54, 1.807) is 30.3 Å². The normalized spacial score (nSPS) is 14.3. The van der Waals surface area contributed by atoms with Gasteiger partial charge in [-0.15, -0.1) is 12.4 Å². The van der Waals surface area contributed by atoms with Gasteiger partial charge in [-0.2, -0.15) is 4.31 Å². The molecule has 0 aliphatic carbocycles. The summed E-state index contributed by atoms with van der Waals surface area (Å²) in [6.07, 6.45) is 0. The van der Waals surface area contributed by atoms with Crippen molar-refractivity contribution in [3.63, 3.8) is 0 Å². The molecule has 0 bridgehead atoms. The van der Waals surface area contributed by atoms with Gasteiger partial charge in [-0.1, -0.05) is 42.5 Å². The number of nitrogen functional groups attached to an aromatic ring is 1. The molecule has 124 valence electrons. The number of anilines is 1. The van der Waals surface area contributed by atoms with Gasteiger partial charge < -0.3 is 5.73 Å². The maximum atomic E-state index is 13.1. The number of benzene rings is 3. The molecule has 0 spiro atoms. The van der Waals surface area contributed by atoms with Crippen LogP contribution < -0.4 is 5.73 Å². The van der Waals surface area contributed by atoms with Crippen molar-refractivity contribution >= 4 is 38.9 Å². The monoisotopic (exact) mass is 360 g/mol. The number of halogens is 1. The second-order valence-corrected chi connectivity index (χ2v) is 7.68. The van der Waals surface area contributed by atoms with E-state index >= 15 is 0 Å². The minimum Gasteiger partial charge on any atom is -0.399 e. The number of fused-ring (bicyclic) bond motifs is 2.